The Hall–Kier alpha value is -2.92. The lowest BCUT2D eigenvalue weighted by Gasteiger charge is -2.09. The molecule has 3 aromatic rings. The highest BCUT2D eigenvalue weighted by Crippen LogP contribution is 2.22. The van der Waals surface area contributed by atoms with Crippen LogP contribution >= 0.6 is 11.6 Å². The number of hydrogen-bond acceptors (Lipinski definition) is 4. The summed E-state index contributed by atoms with van der Waals surface area (Å²) in [4.78, 5) is 28.3. The zero-order valence-corrected chi connectivity index (χ0v) is 15.4. The van der Waals surface area contributed by atoms with Crippen molar-refractivity contribution in [2.45, 2.75) is 12.8 Å². The van der Waals surface area contributed by atoms with Gasteiger partial charge in [0.15, 0.2) is 5.78 Å². The third-order valence-corrected chi connectivity index (χ3v) is 4.27. The molecule has 2 aromatic carbocycles. The number of hydrogen-bond donors (Lipinski definition) is 1. The molecule has 0 aliphatic rings. The molecular formula is C21H19ClN2O3. The third kappa shape index (κ3) is 5.28. The van der Waals surface area contributed by atoms with E-state index in [1.54, 1.807) is 30.5 Å². The summed E-state index contributed by atoms with van der Waals surface area (Å²) in [6, 6.07) is 16.2. The van der Waals surface area contributed by atoms with Crippen molar-refractivity contribution < 1.29 is 14.3 Å². The highest BCUT2D eigenvalue weighted by molar-refractivity contribution is 6.30. The number of amides is 1. The second-order valence-corrected chi connectivity index (χ2v) is 6.40. The number of ether oxygens (including phenoxy) is 1. The first-order valence-corrected chi connectivity index (χ1v) is 9.03. The van der Waals surface area contributed by atoms with Crippen LogP contribution in [0.4, 0.5) is 0 Å². The monoisotopic (exact) mass is 382 g/mol. The zero-order chi connectivity index (χ0) is 19.1. The molecule has 0 atom stereocenters. The molecule has 0 saturated heterocycles. The van der Waals surface area contributed by atoms with Crippen molar-refractivity contribution in [2.75, 3.05) is 13.2 Å². The summed E-state index contributed by atoms with van der Waals surface area (Å²) in [5, 5.41) is 4.33. The van der Waals surface area contributed by atoms with Crippen LogP contribution in [0.2, 0.25) is 5.02 Å². The van der Waals surface area contributed by atoms with Crippen LogP contribution in [0, 0.1) is 0 Å². The molecule has 1 heterocycles. The van der Waals surface area contributed by atoms with Crippen molar-refractivity contribution >= 4 is 34.2 Å². The van der Waals surface area contributed by atoms with Crippen molar-refractivity contribution in [3.63, 3.8) is 0 Å². The summed E-state index contributed by atoms with van der Waals surface area (Å²) in [6.45, 7) is 0.684. The molecular weight excluding hydrogens is 364 g/mol. The third-order valence-electron chi connectivity index (χ3n) is 4.02. The molecule has 138 valence electrons. The lowest BCUT2D eigenvalue weighted by atomic mass is 10.1. The number of nitrogens with zero attached hydrogens (tertiary/aromatic N) is 1. The predicted molar refractivity (Wildman–Crippen MR) is 105 cm³/mol. The number of pyridine rings is 1. The summed E-state index contributed by atoms with van der Waals surface area (Å²) >= 11 is 5.80. The number of aromatic nitrogens is 1. The first-order valence-electron chi connectivity index (χ1n) is 8.65. The van der Waals surface area contributed by atoms with Gasteiger partial charge in [-0.3, -0.25) is 14.6 Å². The van der Waals surface area contributed by atoms with Crippen LogP contribution in [0.1, 0.15) is 23.2 Å². The Balaban J connectivity index is 1.40. The molecule has 3 rings (SSSR count). The van der Waals surface area contributed by atoms with Gasteiger partial charge in [0, 0.05) is 35.0 Å². The van der Waals surface area contributed by atoms with E-state index in [1.165, 1.54) is 0 Å². The molecule has 0 spiro atoms. The van der Waals surface area contributed by atoms with Crippen LogP contribution in [-0.2, 0) is 4.79 Å². The molecule has 6 heteroatoms. The summed E-state index contributed by atoms with van der Waals surface area (Å²) < 4.78 is 5.72. The molecule has 1 aromatic heterocycles. The van der Waals surface area contributed by atoms with Gasteiger partial charge in [-0.25, -0.2) is 0 Å². The first kappa shape index (κ1) is 18.9. The molecule has 1 N–H and O–H groups in total. The maximum absolute atomic E-state index is 12.0. The van der Waals surface area contributed by atoms with Crippen molar-refractivity contribution in [3.8, 4) is 5.75 Å². The van der Waals surface area contributed by atoms with Gasteiger partial charge in [0.1, 0.15) is 17.9 Å². The molecule has 0 bridgehead atoms. The number of fused-ring (bicyclic) bond motifs is 1. The van der Waals surface area contributed by atoms with Crippen molar-refractivity contribution in [1.82, 2.24) is 10.3 Å². The number of rotatable bonds is 8. The summed E-state index contributed by atoms with van der Waals surface area (Å²) in [5.74, 6) is 0.414. The normalized spacial score (nSPS) is 10.6. The zero-order valence-electron chi connectivity index (χ0n) is 14.7. The standard InChI is InChI=1S/C21H19ClN2O3/c22-17-8-6-15(7-9-17)18(25)10-11-20(26)23-13-14-27-19-5-1-3-16-4-2-12-24-21(16)19/h1-9,12H,10-11,13-14H2,(H,23,26). The minimum Gasteiger partial charge on any atom is -0.489 e. The Morgan fingerprint density at radius 3 is 2.59 bits per heavy atom. The topological polar surface area (TPSA) is 68.3 Å². The van der Waals surface area contributed by atoms with Crippen LogP contribution in [-0.4, -0.2) is 29.8 Å². The average Bonchev–Trinajstić information content (AvgIpc) is 2.70. The van der Waals surface area contributed by atoms with Gasteiger partial charge in [-0.2, -0.15) is 0 Å². The van der Waals surface area contributed by atoms with Gasteiger partial charge in [-0.15, -0.1) is 0 Å². The average molecular weight is 383 g/mol. The van der Waals surface area contributed by atoms with E-state index >= 15 is 0 Å². The summed E-state index contributed by atoms with van der Waals surface area (Å²) in [7, 11) is 0. The Bertz CT molecular complexity index is 936. The fraction of sp³-hybridized carbons (Fsp3) is 0.190. The number of ketones is 1. The number of nitrogens with one attached hydrogen (secondary N) is 1. The van der Waals surface area contributed by atoms with Crippen LogP contribution in [0.3, 0.4) is 0 Å². The Morgan fingerprint density at radius 1 is 1.00 bits per heavy atom. The van der Waals surface area contributed by atoms with Gasteiger partial charge in [-0.1, -0.05) is 29.8 Å². The van der Waals surface area contributed by atoms with Gasteiger partial charge < -0.3 is 10.1 Å². The van der Waals surface area contributed by atoms with E-state index in [9.17, 15) is 9.59 Å². The SMILES string of the molecule is O=C(CCC(=O)c1ccc(Cl)cc1)NCCOc1cccc2cccnc12. The molecule has 27 heavy (non-hydrogen) atoms. The number of Topliss-reactive ketones (excluding diaryl/α,β-unsaturated/α-hetero) is 1. The van der Waals surface area contributed by atoms with Crippen molar-refractivity contribution in [1.29, 1.82) is 0 Å². The van der Waals surface area contributed by atoms with E-state index < -0.39 is 0 Å². The fourth-order valence-corrected chi connectivity index (χ4v) is 2.77. The number of para-hydroxylation sites is 1. The van der Waals surface area contributed by atoms with Gasteiger partial charge >= 0.3 is 0 Å². The Labute approximate surface area is 162 Å². The minimum absolute atomic E-state index is 0.0834. The van der Waals surface area contributed by atoms with Gasteiger partial charge in [-0.05, 0) is 36.4 Å². The first-order chi connectivity index (χ1) is 13.1. The van der Waals surface area contributed by atoms with E-state index in [0.29, 0.717) is 29.5 Å². The highest BCUT2D eigenvalue weighted by Gasteiger charge is 2.09. The molecule has 0 unspecified atom stereocenters. The Morgan fingerprint density at radius 2 is 1.78 bits per heavy atom. The highest BCUT2D eigenvalue weighted by atomic mass is 35.5. The molecule has 5 nitrogen and oxygen atoms in total. The second-order valence-electron chi connectivity index (χ2n) is 5.96. The number of carbonyl (C=O) groups excluding carboxylic acids is 2. The quantitative estimate of drug-likeness (QED) is 0.471. The predicted octanol–water partition coefficient (Wildman–Crippen LogP) is 4.05. The number of carbonyl (C=O) groups is 2. The molecule has 0 fully saturated rings. The van der Waals surface area contributed by atoms with Crippen molar-refractivity contribution in [2.24, 2.45) is 0 Å². The van der Waals surface area contributed by atoms with Gasteiger partial charge in [0.25, 0.3) is 0 Å². The molecule has 0 radical (unpaired) electrons. The van der Waals surface area contributed by atoms with Crippen LogP contribution in [0.5, 0.6) is 5.75 Å². The summed E-state index contributed by atoms with van der Waals surface area (Å²) in [5.41, 5.74) is 1.35. The van der Waals surface area contributed by atoms with E-state index in [1.807, 2.05) is 30.3 Å². The van der Waals surface area contributed by atoms with Crippen LogP contribution in [0.25, 0.3) is 10.9 Å². The van der Waals surface area contributed by atoms with Crippen molar-refractivity contribution in [3.05, 3.63) is 71.4 Å². The van der Waals surface area contributed by atoms with Crippen LogP contribution < -0.4 is 10.1 Å². The number of benzene rings is 2. The van der Waals surface area contributed by atoms with E-state index in [4.69, 9.17) is 16.3 Å². The fourth-order valence-electron chi connectivity index (χ4n) is 2.64. The lowest BCUT2D eigenvalue weighted by molar-refractivity contribution is -0.121. The second kappa shape index (κ2) is 9.14. The van der Waals surface area contributed by atoms with E-state index in [0.717, 1.165) is 10.9 Å². The largest absolute Gasteiger partial charge is 0.489 e. The smallest absolute Gasteiger partial charge is 0.220 e. The maximum Gasteiger partial charge on any atom is 0.220 e. The van der Waals surface area contributed by atoms with E-state index in [-0.39, 0.29) is 24.5 Å². The van der Waals surface area contributed by atoms with E-state index in [2.05, 4.69) is 10.3 Å². The Kier molecular flexibility index (Phi) is 6.39. The molecule has 0 aliphatic carbocycles. The lowest BCUT2D eigenvalue weighted by Crippen LogP contribution is -2.28. The maximum atomic E-state index is 12.0. The minimum atomic E-state index is -0.183. The van der Waals surface area contributed by atoms with Gasteiger partial charge in [0.05, 0.1) is 6.54 Å². The summed E-state index contributed by atoms with van der Waals surface area (Å²) in [6.07, 6.45) is 2.01. The van der Waals surface area contributed by atoms with Crippen LogP contribution in [0.15, 0.2) is 60.8 Å². The molecule has 0 aliphatic heterocycles. The van der Waals surface area contributed by atoms with Gasteiger partial charge in [0.2, 0.25) is 5.91 Å². The molecule has 0 saturated carbocycles. The molecule has 1 amide bonds. The number of halogens is 1.